The van der Waals surface area contributed by atoms with Crippen molar-refractivity contribution < 1.29 is 14.8 Å². The van der Waals surface area contributed by atoms with Gasteiger partial charge in [-0.05, 0) is 41.8 Å². The van der Waals surface area contributed by atoms with Gasteiger partial charge in [-0.1, -0.05) is 0 Å². The van der Waals surface area contributed by atoms with Gasteiger partial charge >= 0.3 is 5.97 Å². The first-order valence-corrected chi connectivity index (χ1v) is 7.11. The molecule has 1 heterocycles. The summed E-state index contributed by atoms with van der Waals surface area (Å²) < 4.78 is 0.626. The lowest BCUT2D eigenvalue weighted by atomic mass is 9.97. The minimum absolute atomic E-state index is 0.0624. The maximum absolute atomic E-state index is 11.1. The maximum Gasteiger partial charge on any atom is 0.308 e. The number of halogens is 1. The number of hydrogen-bond donors (Lipinski definition) is 1. The van der Waals surface area contributed by atoms with E-state index in [1.54, 1.807) is 13.0 Å². The molecule has 1 N–H and O–H groups in total. The highest BCUT2D eigenvalue weighted by atomic mass is 79.9. The van der Waals surface area contributed by atoms with Crippen molar-refractivity contribution >= 4 is 33.3 Å². The highest BCUT2D eigenvalue weighted by Crippen LogP contribution is 2.35. The predicted molar refractivity (Wildman–Crippen MR) is 78.1 cm³/mol. The van der Waals surface area contributed by atoms with Crippen LogP contribution in [0, 0.1) is 23.0 Å². The Labute approximate surface area is 124 Å². The molecule has 1 unspecified atom stereocenters. The first kappa shape index (κ1) is 14.8. The van der Waals surface area contributed by atoms with Crippen molar-refractivity contribution in [3.8, 4) is 0 Å². The van der Waals surface area contributed by atoms with Crippen molar-refractivity contribution in [2.24, 2.45) is 5.92 Å². The normalized spacial score (nSPS) is 18.9. The minimum atomic E-state index is -0.788. The second-order valence-electron chi connectivity index (χ2n) is 4.97. The van der Waals surface area contributed by atoms with Crippen molar-refractivity contribution in [2.75, 3.05) is 18.0 Å². The number of rotatable bonds is 3. The smallest absolute Gasteiger partial charge is 0.308 e. The molecule has 6 nitrogen and oxygen atoms in total. The van der Waals surface area contributed by atoms with Crippen molar-refractivity contribution in [1.29, 1.82) is 0 Å². The van der Waals surface area contributed by atoms with Crippen molar-refractivity contribution in [2.45, 2.75) is 19.8 Å². The fourth-order valence-corrected chi connectivity index (χ4v) is 3.07. The summed E-state index contributed by atoms with van der Waals surface area (Å²) in [4.78, 5) is 23.6. The standard InChI is InChI=1S/C13H15BrN2O4/c1-8-5-12(10(14)6-11(8)16(19)20)15-4-2-3-9(7-15)13(17)18/h5-6,9H,2-4,7H2,1H3,(H,17,18). The zero-order valence-corrected chi connectivity index (χ0v) is 12.6. The number of hydrogen-bond acceptors (Lipinski definition) is 4. The van der Waals surface area contributed by atoms with Crippen molar-refractivity contribution in [3.63, 3.8) is 0 Å². The van der Waals surface area contributed by atoms with E-state index in [9.17, 15) is 14.9 Å². The number of carboxylic acid groups (broad SMARTS) is 1. The number of anilines is 1. The van der Waals surface area contributed by atoms with Crippen LogP contribution in [0.15, 0.2) is 16.6 Å². The van der Waals surface area contributed by atoms with Crippen LogP contribution in [0.3, 0.4) is 0 Å². The average molecular weight is 343 g/mol. The van der Waals surface area contributed by atoms with E-state index < -0.39 is 10.9 Å². The van der Waals surface area contributed by atoms with Gasteiger partial charge in [-0.15, -0.1) is 0 Å². The Morgan fingerprint density at radius 1 is 1.55 bits per heavy atom. The lowest BCUT2D eigenvalue weighted by Gasteiger charge is -2.33. The number of benzene rings is 1. The lowest BCUT2D eigenvalue weighted by molar-refractivity contribution is -0.385. The Bertz CT molecular complexity index is 562. The number of nitro benzene ring substituents is 1. The second kappa shape index (κ2) is 5.78. The van der Waals surface area contributed by atoms with E-state index in [1.165, 1.54) is 6.07 Å². The van der Waals surface area contributed by atoms with Gasteiger partial charge in [-0.25, -0.2) is 0 Å². The van der Waals surface area contributed by atoms with Gasteiger partial charge in [0, 0.05) is 29.2 Å². The number of nitro groups is 1. The van der Waals surface area contributed by atoms with E-state index in [1.807, 2.05) is 4.90 Å². The summed E-state index contributed by atoms with van der Waals surface area (Å²) in [6.07, 6.45) is 1.48. The van der Waals surface area contributed by atoms with E-state index in [4.69, 9.17) is 5.11 Å². The monoisotopic (exact) mass is 342 g/mol. The summed E-state index contributed by atoms with van der Waals surface area (Å²) >= 11 is 3.35. The Morgan fingerprint density at radius 2 is 2.25 bits per heavy atom. The molecule has 7 heteroatoms. The molecule has 108 valence electrons. The van der Waals surface area contributed by atoms with Gasteiger partial charge in [-0.3, -0.25) is 14.9 Å². The Balaban J connectivity index is 2.31. The van der Waals surface area contributed by atoms with Gasteiger partial charge in [0.15, 0.2) is 0 Å². The van der Waals surface area contributed by atoms with E-state index in [0.717, 1.165) is 18.7 Å². The lowest BCUT2D eigenvalue weighted by Crippen LogP contribution is -2.38. The minimum Gasteiger partial charge on any atom is -0.481 e. The van der Waals surface area contributed by atoms with Crippen LogP contribution in [0.5, 0.6) is 0 Å². The third-order valence-corrected chi connectivity index (χ3v) is 4.21. The second-order valence-corrected chi connectivity index (χ2v) is 5.82. The maximum atomic E-state index is 11.1. The first-order chi connectivity index (χ1) is 9.40. The van der Waals surface area contributed by atoms with Gasteiger partial charge in [0.05, 0.1) is 16.5 Å². The molecule has 20 heavy (non-hydrogen) atoms. The van der Waals surface area contributed by atoms with Crippen LogP contribution in [0.25, 0.3) is 0 Å². The highest BCUT2D eigenvalue weighted by Gasteiger charge is 2.27. The molecule has 0 bridgehead atoms. The Kier molecular flexibility index (Phi) is 4.27. The van der Waals surface area contributed by atoms with Crippen LogP contribution in [0.4, 0.5) is 11.4 Å². The number of carboxylic acids is 1. The predicted octanol–water partition coefficient (Wildman–Crippen LogP) is 2.97. The van der Waals surface area contributed by atoms with Gasteiger partial charge in [-0.2, -0.15) is 0 Å². The third kappa shape index (κ3) is 2.92. The quantitative estimate of drug-likeness (QED) is 0.674. The molecule has 1 aliphatic heterocycles. The summed E-state index contributed by atoms with van der Waals surface area (Å²) in [6.45, 7) is 2.89. The van der Waals surface area contributed by atoms with Gasteiger partial charge in [0.25, 0.3) is 5.69 Å². The van der Waals surface area contributed by atoms with E-state index in [0.29, 0.717) is 23.0 Å². The molecule has 0 aliphatic carbocycles. The number of piperidine rings is 1. The summed E-state index contributed by atoms with van der Waals surface area (Å²) in [5.74, 6) is -1.17. The summed E-state index contributed by atoms with van der Waals surface area (Å²) in [5.41, 5.74) is 1.46. The molecule has 1 fully saturated rings. The van der Waals surface area contributed by atoms with Gasteiger partial charge in [0.2, 0.25) is 0 Å². The van der Waals surface area contributed by atoms with Crippen molar-refractivity contribution in [1.82, 2.24) is 0 Å². The topological polar surface area (TPSA) is 83.7 Å². The molecule has 1 aromatic rings. The zero-order valence-electron chi connectivity index (χ0n) is 11.0. The van der Waals surface area contributed by atoms with Crippen LogP contribution < -0.4 is 4.90 Å². The molecule has 0 aromatic heterocycles. The molecular weight excluding hydrogens is 328 g/mol. The molecule has 1 aromatic carbocycles. The van der Waals surface area contributed by atoms with E-state index in [-0.39, 0.29) is 11.6 Å². The van der Waals surface area contributed by atoms with Crippen LogP contribution >= 0.6 is 15.9 Å². The van der Waals surface area contributed by atoms with E-state index >= 15 is 0 Å². The fraction of sp³-hybridized carbons (Fsp3) is 0.462. The summed E-state index contributed by atoms with van der Waals surface area (Å²) in [7, 11) is 0. The number of aryl methyl sites for hydroxylation is 1. The molecule has 1 aliphatic rings. The van der Waals surface area contributed by atoms with Crippen LogP contribution in [0.1, 0.15) is 18.4 Å². The number of carbonyl (C=O) groups is 1. The van der Waals surface area contributed by atoms with Crippen LogP contribution in [-0.4, -0.2) is 29.1 Å². The number of aliphatic carboxylic acids is 1. The third-order valence-electron chi connectivity index (χ3n) is 3.57. The summed E-state index contributed by atoms with van der Waals surface area (Å²) in [5, 5.41) is 20.0. The summed E-state index contributed by atoms with van der Waals surface area (Å²) in [6, 6.07) is 3.22. The zero-order chi connectivity index (χ0) is 14.9. The van der Waals surface area contributed by atoms with Gasteiger partial charge in [0.1, 0.15) is 0 Å². The Hall–Kier alpha value is -1.63. The van der Waals surface area contributed by atoms with Crippen LogP contribution in [-0.2, 0) is 4.79 Å². The molecule has 2 rings (SSSR count). The highest BCUT2D eigenvalue weighted by molar-refractivity contribution is 9.10. The molecule has 0 radical (unpaired) electrons. The van der Waals surface area contributed by atoms with Crippen molar-refractivity contribution in [3.05, 3.63) is 32.3 Å². The van der Waals surface area contributed by atoms with E-state index in [2.05, 4.69) is 15.9 Å². The molecule has 0 saturated carbocycles. The van der Waals surface area contributed by atoms with Gasteiger partial charge < -0.3 is 10.0 Å². The fourth-order valence-electron chi connectivity index (χ4n) is 2.49. The molecular formula is C13H15BrN2O4. The number of nitrogens with zero attached hydrogens (tertiary/aromatic N) is 2. The first-order valence-electron chi connectivity index (χ1n) is 6.32. The molecule has 0 spiro atoms. The Morgan fingerprint density at radius 3 is 2.85 bits per heavy atom. The SMILES string of the molecule is Cc1cc(N2CCCC(C(=O)O)C2)c(Br)cc1[N+](=O)[O-]. The average Bonchev–Trinajstić information content (AvgIpc) is 2.40. The van der Waals surface area contributed by atoms with Crippen LogP contribution in [0.2, 0.25) is 0 Å². The molecule has 1 atom stereocenters. The largest absolute Gasteiger partial charge is 0.481 e. The molecule has 0 amide bonds. The molecule has 1 saturated heterocycles.